The van der Waals surface area contributed by atoms with Crippen molar-refractivity contribution >= 4 is 0 Å². The van der Waals surface area contributed by atoms with Crippen LogP contribution in [0, 0.1) is 17.3 Å². The van der Waals surface area contributed by atoms with E-state index in [9.17, 15) is 4.39 Å². The Balaban J connectivity index is 2.33. The summed E-state index contributed by atoms with van der Waals surface area (Å²) in [6.45, 7) is 12.9. The molecule has 1 heteroatoms. The first kappa shape index (κ1) is 16.5. The van der Waals surface area contributed by atoms with Crippen molar-refractivity contribution in [1.29, 1.82) is 0 Å². The molecule has 0 nitrogen and oxygen atoms in total. The van der Waals surface area contributed by atoms with Crippen molar-refractivity contribution in [3.8, 4) is 0 Å². The lowest BCUT2D eigenvalue weighted by molar-refractivity contribution is 0.179. The van der Waals surface area contributed by atoms with Gasteiger partial charge in [0.15, 0.2) is 0 Å². The van der Waals surface area contributed by atoms with E-state index >= 15 is 0 Å². The van der Waals surface area contributed by atoms with Gasteiger partial charge in [-0.1, -0.05) is 30.7 Å². The number of fused-ring (bicyclic) bond motifs is 1. The number of rotatable bonds is 1. The molecule has 1 saturated carbocycles. The summed E-state index contributed by atoms with van der Waals surface area (Å²) in [5, 5.41) is 0. The van der Waals surface area contributed by atoms with E-state index in [0.29, 0.717) is 18.3 Å². The van der Waals surface area contributed by atoms with Crippen LogP contribution in [0.5, 0.6) is 0 Å². The van der Waals surface area contributed by atoms with Crippen molar-refractivity contribution in [1.82, 2.24) is 0 Å². The van der Waals surface area contributed by atoms with Crippen LogP contribution in [0.3, 0.4) is 0 Å². The molecule has 0 aromatic rings. The zero-order chi connectivity index (χ0) is 15.6. The van der Waals surface area contributed by atoms with Crippen LogP contribution >= 0.6 is 0 Å². The third kappa shape index (κ3) is 3.67. The van der Waals surface area contributed by atoms with Crippen LogP contribution in [0.25, 0.3) is 0 Å². The van der Waals surface area contributed by atoms with Gasteiger partial charge in [-0.05, 0) is 82.1 Å². The largest absolute Gasteiger partial charge is 0.212 e. The molecule has 0 aromatic carbocycles. The van der Waals surface area contributed by atoms with Crippen molar-refractivity contribution in [3.05, 3.63) is 35.2 Å². The minimum atomic E-state index is 0.111. The van der Waals surface area contributed by atoms with Gasteiger partial charge >= 0.3 is 0 Å². The second kappa shape index (κ2) is 6.50. The molecule has 0 N–H and O–H groups in total. The molecular formula is C20H31F. The Hall–Kier alpha value is -0.850. The van der Waals surface area contributed by atoms with E-state index in [0.717, 1.165) is 31.3 Å². The number of allylic oxidation sites excluding steroid dienone is 5. The Morgan fingerprint density at radius 1 is 1.29 bits per heavy atom. The number of hydrogen-bond donors (Lipinski definition) is 0. The highest BCUT2D eigenvalue weighted by Crippen LogP contribution is 2.55. The summed E-state index contributed by atoms with van der Waals surface area (Å²) in [6, 6.07) is 0. The predicted molar refractivity (Wildman–Crippen MR) is 89.8 cm³/mol. The molecule has 3 atom stereocenters. The predicted octanol–water partition coefficient (Wildman–Crippen LogP) is 6.75. The fourth-order valence-corrected chi connectivity index (χ4v) is 4.38. The molecule has 0 aromatic heterocycles. The maximum Gasteiger partial charge on any atom is 0.0994 e. The molecule has 0 saturated heterocycles. The van der Waals surface area contributed by atoms with Crippen LogP contribution < -0.4 is 0 Å². The molecule has 0 unspecified atom stereocenters. The van der Waals surface area contributed by atoms with Crippen LogP contribution in [0.2, 0.25) is 0 Å². The van der Waals surface area contributed by atoms with Crippen LogP contribution in [0.1, 0.15) is 72.6 Å². The van der Waals surface area contributed by atoms with E-state index in [4.69, 9.17) is 0 Å². The van der Waals surface area contributed by atoms with Crippen LogP contribution in [-0.4, -0.2) is 0 Å². The lowest BCUT2D eigenvalue weighted by atomic mass is 9.70. The standard InChI is InChI=1S/C20H31F/c1-14(2)17-11-12-20(5)13-19(21)16(4)8-6-7-15(3)9-10-18(17)20/h7,17-18H,1,6,8-13H2,2-5H3/b15-7-,19-16-/t17-,18+,20+/m0/s1. The lowest BCUT2D eigenvalue weighted by Crippen LogP contribution is -2.26. The molecule has 1 fully saturated rings. The first-order valence-electron chi connectivity index (χ1n) is 8.48. The Morgan fingerprint density at radius 2 is 2.00 bits per heavy atom. The highest BCUT2D eigenvalue weighted by molar-refractivity contribution is 5.15. The summed E-state index contributed by atoms with van der Waals surface area (Å²) in [4.78, 5) is 0. The van der Waals surface area contributed by atoms with Gasteiger partial charge in [-0.3, -0.25) is 0 Å². The molecule has 0 spiro atoms. The summed E-state index contributed by atoms with van der Waals surface area (Å²) < 4.78 is 14.6. The summed E-state index contributed by atoms with van der Waals surface area (Å²) in [5.74, 6) is 1.31. The first-order valence-corrected chi connectivity index (χ1v) is 8.48. The Kier molecular flexibility index (Phi) is 5.11. The minimum Gasteiger partial charge on any atom is -0.212 e. The smallest absolute Gasteiger partial charge is 0.0994 e. The van der Waals surface area contributed by atoms with Crippen molar-refractivity contribution < 1.29 is 4.39 Å². The highest BCUT2D eigenvalue weighted by Gasteiger charge is 2.45. The molecule has 0 amide bonds. The third-order valence-electron chi connectivity index (χ3n) is 5.92. The zero-order valence-corrected chi connectivity index (χ0v) is 14.3. The van der Waals surface area contributed by atoms with Gasteiger partial charge in [0, 0.05) is 6.42 Å². The van der Waals surface area contributed by atoms with Crippen LogP contribution in [-0.2, 0) is 0 Å². The fraction of sp³-hybridized carbons (Fsp3) is 0.700. The molecule has 118 valence electrons. The van der Waals surface area contributed by atoms with E-state index in [2.05, 4.69) is 33.4 Å². The molecule has 21 heavy (non-hydrogen) atoms. The maximum absolute atomic E-state index is 14.6. The molecule has 2 aliphatic rings. The minimum absolute atomic E-state index is 0.111. The second-order valence-electron chi connectivity index (χ2n) is 7.74. The van der Waals surface area contributed by atoms with E-state index < -0.39 is 0 Å². The summed E-state index contributed by atoms with van der Waals surface area (Å²) in [7, 11) is 0. The van der Waals surface area contributed by atoms with Crippen molar-refractivity contribution in [2.24, 2.45) is 17.3 Å². The van der Waals surface area contributed by atoms with E-state index in [-0.39, 0.29) is 11.2 Å². The van der Waals surface area contributed by atoms with Crippen molar-refractivity contribution in [2.75, 3.05) is 0 Å². The number of halogens is 1. The molecule has 0 bridgehead atoms. The Bertz CT molecular complexity index is 468. The van der Waals surface area contributed by atoms with E-state index in [1.165, 1.54) is 24.0 Å². The maximum atomic E-state index is 14.6. The molecular weight excluding hydrogens is 259 g/mol. The Morgan fingerprint density at radius 3 is 2.67 bits per heavy atom. The van der Waals surface area contributed by atoms with E-state index in [1.54, 1.807) is 0 Å². The van der Waals surface area contributed by atoms with Crippen molar-refractivity contribution in [2.45, 2.75) is 72.6 Å². The highest BCUT2D eigenvalue weighted by atomic mass is 19.1. The number of hydrogen-bond acceptors (Lipinski definition) is 0. The summed E-state index contributed by atoms with van der Waals surface area (Å²) >= 11 is 0. The normalized spacial score (nSPS) is 40.9. The molecule has 2 rings (SSSR count). The summed E-state index contributed by atoms with van der Waals surface area (Å²) in [6.07, 6.45) is 9.46. The fourth-order valence-electron chi connectivity index (χ4n) is 4.38. The summed E-state index contributed by atoms with van der Waals surface area (Å²) in [5.41, 5.74) is 3.83. The van der Waals surface area contributed by atoms with Gasteiger partial charge in [0.25, 0.3) is 0 Å². The Labute approximate surface area is 130 Å². The molecule has 0 aliphatic heterocycles. The molecule has 0 radical (unpaired) electrons. The van der Waals surface area contributed by atoms with Crippen molar-refractivity contribution in [3.63, 3.8) is 0 Å². The van der Waals surface area contributed by atoms with Gasteiger partial charge in [0.2, 0.25) is 0 Å². The van der Waals surface area contributed by atoms with Crippen LogP contribution in [0.4, 0.5) is 4.39 Å². The molecule has 2 aliphatic carbocycles. The monoisotopic (exact) mass is 290 g/mol. The zero-order valence-electron chi connectivity index (χ0n) is 14.3. The second-order valence-corrected chi connectivity index (χ2v) is 7.74. The SMILES string of the molecule is C=C(C)[C@@H]1CC[C@]2(C)C/C(F)=C(\C)CC/C=C(/C)CC[C@H]12. The average Bonchev–Trinajstić information content (AvgIpc) is 2.71. The van der Waals surface area contributed by atoms with Gasteiger partial charge in [-0.2, -0.15) is 0 Å². The van der Waals surface area contributed by atoms with Crippen LogP contribution in [0.15, 0.2) is 35.2 Å². The topological polar surface area (TPSA) is 0 Å². The van der Waals surface area contributed by atoms with Gasteiger partial charge in [-0.15, -0.1) is 0 Å². The van der Waals surface area contributed by atoms with Gasteiger partial charge in [0.05, 0.1) is 5.83 Å². The van der Waals surface area contributed by atoms with Gasteiger partial charge in [0.1, 0.15) is 0 Å². The van der Waals surface area contributed by atoms with Gasteiger partial charge < -0.3 is 0 Å². The molecule has 0 heterocycles. The average molecular weight is 290 g/mol. The quantitative estimate of drug-likeness (QED) is 0.469. The third-order valence-corrected chi connectivity index (χ3v) is 5.92. The lowest BCUT2D eigenvalue weighted by Gasteiger charge is -2.35. The first-order chi connectivity index (χ1) is 9.83. The van der Waals surface area contributed by atoms with E-state index in [1.807, 2.05) is 6.92 Å². The van der Waals surface area contributed by atoms with Gasteiger partial charge in [-0.25, -0.2) is 4.39 Å².